The molecule has 0 radical (unpaired) electrons. The van der Waals surface area contributed by atoms with Gasteiger partial charge in [0.15, 0.2) is 8.32 Å². The van der Waals surface area contributed by atoms with Crippen molar-refractivity contribution in [2.24, 2.45) is 0 Å². The van der Waals surface area contributed by atoms with Gasteiger partial charge in [-0.15, -0.1) is 0 Å². The summed E-state index contributed by atoms with van der Waals surface area (Å²) in [5.41, 5.74) is 0.888. The number of rotatable bonds is 12. The molecule has 0 unspecified atom stereocenters. The van der Waals surface area contributed by atoms with Crippen LogP contribution < -0.4 is 0 Å². The molecule has 0 aliphatic carbocycles. The van der Waals surface area contributed by atoms with E-state index in [9.17, 15) is 18.0 Å². The zero-order chi connectivity index (χ0) is 26.9. The average molecular weight is 527 g/mol. The molecular weight excluding hydrogens is 488 g/mol. The minimum atomic E-state index is -4.24. The van der Waals surface area contributed by atoms with Crippen LogP contribution in [0, 0.1) is 6.92 Å². The molecule has 2 atom stereocenters. The summed E-state index contributed by atoms with van der Waals surface area (Å²) in [6, 6.07) is 6.19. The lowest BCUT2D eigenvalue weighted by Gasteiger charge is -2.39. The van der Waals surface area contributed by atoms with Crippen LogP contribution in [0.3, 0.4) is 0 Å². The van der Waals surface area contributed by atoms with Crippen molar-refractivity contribution in [3.63, 3.8) is 0 Å². The molecule has 0 spiro atoms. The number of aryl methyl sites for hydroxylation is 1. The van der Waals surface area contributed by atoms with Gasteiger partial charge in [-0.25, -0.2) is 9.59 Å². The van der Waals surface area contributed by atoms with Crippen LogP contribution in [0.4, 0.5) is 0 Å². The lowest BCUT2D eigenvalue weighted by Crippen LogP contribution is -2.47. The maximum Gasteiger partial charge on any atom is 0.330 e. The van der Waals surface area contributed by atoms with Crippen molar-refractivity contribution < 1.29 is 36.1 Å². The van der Waals surface area contributed by atoms with Crippen LogP contribution in [0.2, 0.25) is 18.1 Å². The van der Waals surface area contributed by atoms with Crippen LogP contribution >= 0.6 is 0 Å². The van der Waals surface area contributed by atoms with Gasteiger partial charge in [0.1, 0.15) is 6.10 Å². The minimum absolute atomic E-state index is 0.0434. The fourth-order valence-electron chi connectivity index (χ4n) is 2.56. The third-order valence-electron chi connectivity index (χ3n) is 5.53. The topological polar surface area (TPSA) is 105 Å². The quantitative estimate of drug-likeness (QED) is 0.167. The summed E-state index contributed by atoms with van der Waals surface area (Å²) < 4.78 is 48.1. The van der Waals surface area contributed by atoms with Gasteiger partial charge in [0.2, 0.25) is 0 Å². The first-order chi connectivity index (χ1) is 16.1. The third kappa shape index (κ3) is 10.1. The van der Waals surface area contributed by atoms with Crippen molar-refractivity contribution in [2.75, 3.05) is 13.2 Å². The second-order valence-electron chi connectivity index (χ2n) is 9.39. The van der Waals surface area contributed by atoms with Gasteiger partial charge in [-0.1, -0.05) is 38.5 Å². The highest BCUT2D eigenvalue weighted by molar-refractivity contribution is 7.86. The monoisotopic (exact) mass is 526 g/mol. The van der Waals surface area contributed by atoms with E-state index < -0.39 is 42.6 Å². The molecule has 0 bridgehead atoms. The first-order valence-electron chi connectivity index (χ1n) is 11.5. The standard InChI is InChI=1S/C25H38O8SSi/c1-9-30-23(26)17-15-21(32-34(28,29)20-13-11-19(3)12-14-20)22(16-18-24(27)31-10-2)33-35(7,8)25(4,5)6/h11-18,21-22H,9-10H2,1-8H3/b17-15+,18-16+/t21-,22-/m1/s1. The smallest absolute Gasteiger partial charge is 0.330 e. The van der Waals surface area contributed by atoms with Crippen molar-refractivity contribution in [1.82, 2.24) is 0 Å². The predicted molar refractivity (Wildman–Crippen MR) is 137 cm³/mol. The SMILES string of the molecule is CCOC(=O)/C=C/[C@@H](O[Si](C)(C)C(C)(C)C)[C@@H](/C=C/C(=O)OCC)OS(=O)(=O)c1ccc(C)cc1. The van der Waals surface area contributed by atoms with E-state index in [4.69, 9.17) is 18.1 Å². The number of ether oxygens (including phenoxy) is 2. The number of hydrogen-bond donors (Lipinski definition) is 0. The second kappa shape index (κ2) is 13.2. The fraction of sp³-hybridized carbons (Fsp3) is 0.520. The molecule has 0 amide bonds. The summed E-state index contributed by atoms with van der Waals surface area (Å²) in [4.78, 5) is 24.0. The predicted octanol–water partition coefficient (Wildman–Crippen LogP) is 4.70. The maximum absolute atomic E-state index is 13.1. The molecule has 0 saturated heterocycles. The fourth-order valence-corrected chi connectivity index (χ4v) is 4.86. The Morgan fingerprint density at radius 2 is 1.37 bits per heavy atom. The molecule has 0 saturated carbocycles. The summed E-state index contributed by atoms with van der Waals surface area (Å²) in [6.07, 6.45) is 2.69. The molecule has 196 valence electrons. The highest BCUT2D eigenvalue weighted by atomic mass is 32.2. The Morgan fingerprint density at radius 3 is 1.80 bits per heavy atom. The summed E-state index contributed by atoms with van der Waals surface area (Å²) in [5.74, 6) is -1.26. The molecule has 0 heterocycles. The molecule has 0 aromatic heterocycles. The van der Waals surface area contributed by atoms with Gasteiger partial charge < -0.3 is 13.9 Å². The molecule has 0 fully saturated rings. The van der Waals surface area contributed by atoms with Gasteiger partial charge in [-0.3, -0.25) is 4.18 Å². The van der Waals surface area contributed by atoms with Crippen molar-refractivity contribution in [3.05, 3.63) is 54.1 Å². The maximum atomic E-state index is 13.1. The van der Waals surface area contributed by atoms with Gasteiger partial charge in [0, 0.05) is 12.2 Å². The average Bonchev–Trinajstić information content (AvgIpc) is 2.74. The Bertz CT molecular complexity index is 1000. The summed E-state index contributed by atoms with van der Waals surface area (Å²) in [7, 11) is -6.72. The van der Waals surface area contributed by atoms with Crippen LogP contribution in [-0.4, -0.2) is 54.1 Å². The van der Waals surface area contributed by atoms with Crippen LogP contribution in [0.15, 0.2) is 53.5 Å². The molecule has 1 rings (SSSR count). The van der Waals surface area contributed by atoms with E-state index >= 15 is 0 Å². The number of benzene rings is 1. The van der Waals surface area contributed by atoms with E-state index in [1.807, 2.05) is 40.8 Å². The lowest BCUT2D eigenvalue weighted by atomic mass is 10.2. The lowest BCUT2D eigenvalue weighted by molar-refractivity contribution is -0.138. The minimum Gasteiger partial charge on any atom is -0.463 e. The Morgan fingerprint density at radius 1 is 0.914 bits per heavy atom. The van der Waals surface area contributed by atoms with Gasteiger partial charge in [0.05, 0.1) is 24.2 Å². The normalized spacial score (nSPS) is 14.7. The number of esters is 2. The van der Waals surface area contributed by atoms with Gasteiger partial charge in [-0.2, -0.15) is 8.42 Å². The zero-order valence-electron chi connectivity index (χ0n) is 21.9. The van der Waals surface area contributed by atoms with Crippen LogP contribution in [0.25, 0.3) is 0 Å². The number of carbonyl (C=O) groups excluding carboxylic acids is 2. The molecule has 8 nitrogen and oxygen atoms in total. The van der Waals surface area contributed by atoms with E-state index in [1.165, 1.54) is 30.4 Å². The van der Waals surface area contributed by atoms with E-state index in [-0.39, 0.29) is 23.1 Å². The second-order valence-corrected chi connectivity index (χ2v) is 15.7. The molecule has 10 heteroatoms. The molecule has 1 aromatic carbocycles. The van der Waals surface area contributed by atoms with E-state index in [1.54, 1.807) is 26.0 Å². The van der Waals surface area contributed by atoms with Crippen LogP contribution in [0.5, 0.6) is 0 Å². The van der Waals surface area contributed by atoms with Crippen molar-refractivity contribution >= 4 is 30.4 Å². The molecule has 0 aliphatic rings. The highest BCUT2D eigenvalue weighted by Gasteiger charge is 2.41. The van der Waals surface area contributed by atoms with Crippen molar-refractivity contribution in [2.45, 2.75) is 76.8 Å². The van der Waals surface area contributed by atoms with Crippen LogP contribution in [-0.2, 0) is 37.8 Å². The van der Waals surface area contributed by atoms with Gasteiger partial charge in [-0.05, 0) is 63.2 Å². The Hall–Kier alpha value is -2.27. The molecule has 1 aromatic rings. The first-order valence-corrected chi connectivity index (χ1v) is 15.8. The van der Waals surface area contributed by atoms with Crippen molar-refractivity contribution in [1.29, 1.82) is 0 Å². The Labute approximate surface area is 210 Å². The first kappa shape index (κ1) is 30.8. The number of carbonyl (C=O) groups is 2. The largest absolute Gasteiger partial charge is 0.463 e. The number of hydrogen-bond acceptors (Lipinski definition) is 8. The van der Waals surface area contributed by atoms with Crippen molar-refractivity contribution in [3.8, 4) is 0 Å². The summed E-state index contributed by atoms with van der Waals surface area (Å²) in [6.45, 7) is 15.6. The Balaban J connectivity index is 3.51. The third-order valence-corrected chi connectivity index (χ3v) is 11.3. The van der Waals surface area contributed by atoms with E-state index in [0.717, 1.165) is 11.6 Å². The molecule has 35 heavy (non-hydrogen) atoms. The molecular formula is C25H38O8SSi. The summed E-state index contributed by atoms with van der Waals surface area (Å²) in [5, 5.41) is -0.228. The van der Waals surface area contributed by atoms with Gasteiger partial charge in [0.25, 0.3) is 10.1 Å². The van der Waals surface area contributed by atoms with Crippen LogP contribution in [0.1, 0.15) is 40.2 Å². The molecule has 0 aliphatic heterocycles. The Kier molecular flexibility index (Phi) is 11.6. The molecule has 0 N–H and O–H groups in total. The van der Waals surface area contributed by atoms with E-state index in [2.05, 4.69) is 0 Å². The van der Waals surface area contributed by atoms with E-state index in [0.29, 0.717) is 0 Å². The van der Waals surface area contributed by atoms with Gasteiger partial charge >= 0.3 is 11.9 Å². The summed E-state index contributed by atoms with van der Waals surface area (Å²) >= 11 is 0. The highest BCUT2D eigenvalue weighted by Crippen LogP contribution is 2.38. The zero-order valence-corrected chi connectivity index (χ0v) is 23.7.